The van der Waals surface area contributed by atoms with E-state index in [9.17, 15) is 13.9 Å². The Labute approximate surface area is 78.1 Å². The lowest BCUT2D eigenvalue weighted by atomic mass is 9.75. The molecule has 0 aromatic rings. The molecule has 1 aliphatic rings. The molecule has 1 saturated carbocycles. The fourth-order valence-electron chi connectivity index (χ4n) is 2.51. The molecule has 2 unspecified atom stereocenters. The third kappa shape index (κ3) is 2.90. The second-order valence-electron chi connectivity index (χ2n) is 4.52. The fourth-order valence-corrected chi connectivity index (χ4v) is 2.51. The molecule has 0 saturated heterocycles. The highest BCUT2D eigenvalue weighted by molar-refractivity contribution is 4.92. The first-order valence-corrected chi connectivity index (χ1v) is 4.97. The summed E-state index contributed by atoms with van der Waals surface area (Å²) in [6, 6.07) is 0. The number of hydrogen-bond acceptors (Lipinski definition) is 1. The van der Waals surface area contributed by atoms with E-state index >= 15 is 0 Å². The Morgan fingerprint density at radius 2 is 2.00 bits per heavy atom. The number of hydrogen-bond donors (Lipinski definition) is 1. The third-order valence-electron chi connectivity index (χ3n) is 2.68. The van der Waals surface area contributed by atoms with Crippen molar-refractivity contribution in [2.24, 2.45) is 5.92 Å². The normalized spacial score (nSPS) is 39.0. The summed E-state index contributed by atoms with van der Waals surface area (Å²) in [6.45, 7) is 3.70. The van der Waals surface area contributed by atoms with Crippen molar-refractivity contribution in [3.63, 3.8) is 0 Å². The Morgan fingerprint density at radius 1 is 1.38 bits per heavy atom. The van der Waals surface area contributed by atoms with Gasteiger partial charge in [-0.15, -0.1) is 0 Å². The highest BCUT2D eigenvalue weighted by Gasteiger charge is 2.46. The lowest BCUT2D eigenvalue weighted by molar-refractivity contribution is -0.142. The van der Waals surface area contributed by atoms with Crippen LogP contribution in [0.25, 0.3) is 0 Å². The second kappa shape index (κ2) is 3.52. The molecule has 1 aliphatic carbocycles. The highest BCUT2D eigenvalue weighted by Crippen LogP contribution is 2.43. The number of alkyl halides is 2. The SMILES string of the molecule is CCCC1(O)CC(C)CC(F)(F)C1. The van der Waals surface area contributed by atoms with E-state index in [0.717, 1.165) is 6.42 Å². The van der Waals surface area contributed by atoms with Gasteiger partial charge < -0.3 is 5.11 Å². The van der Waals surface area contributed by atoms with Crippen molar-refractivity contribution in [3.05, 3.63) is 0 Å². The Balaban J connectivity index is 2.66. The van der Waals surface area contributed by atoms with Crippen molar-refractivity contribution >= 4 is 0 Å². The van der Waals surface area contributed by atoms with Gasteiger partial charge in [-0.3, -0.25) is 0 Å². The third-order valence-corrected chi connectivity index (χ3v) is 2.68. The monoisotopic (exact) mass is 192 g/mol. The van der Waals surface area contributed by atoms with E-state index < -0.39 is 11.5 Å². The molecule has 78 valence electrons. The van der Waals surface area contributed by atoms with Gasteiger partial charge in [0, 0.05) is 12.8 Å². The molecular weight excluding hydrogens is 174 g/mol. The molecule has 0 aliphatic heterocycles. The smallest absolute Gasteiger partial charge is 0.251 e. The standard InChI is InChI=1S/C10H18F2O/c1-3-4-9(13)5-8(2)6-10(11,12)7-9/h8,13H,3-7H2,1-2H3. The summed E-state index contributed by atoms with van der Waals surface area (Å²) in [4.78, 5) is 0. The predicted octanol–water partition coefficient (Wildman–Crippen LogP) is 2.97. The molecule has 3 heteroatoms. The summed E-state index contributed by atoms with van der Waals surface area (Å²) >= 11 is 0. The van der Waals surface area contributed by atoms with Crippen LogP contribution in [0, 0.1) is 5.92 Å². The molecular formula is C10H18F2O. The first kappa shape index (κ1) is 10.9. The van der Waals surface area contributed by atoms with E-state index in [2.05, 4.69) is 0 Å². The molecule has 0 spiro atoms. The zero-order valence-electron chi connectivity index (χ0n) is 8.32. The van der Waals surface area contributed by atoms with Crippen LogP contribution in [-0.4, -0.2) is 16.6 Å². The molecule has 0 aromatic carbocycles. The summed E-state index contributed by atoms with van der Waals surface area (Å²) in [5, 5.41) is 9.90. The minimum atomic E-state index is -2.67. The Bertz CT molecular complexity index is 182. The molecule has 13 heavy (non-hydrogen) atoms. The van der Waals surface area contributed by atoms with Gasteiger partial charge >= 0.3 is 0 Å². The number of halogens is 2. The predicted molar refractivity (Wildman–Crippen MR) is 47.8 cm³/mol. The minimum absolute atomic E-state index is 0.0692. The maximum absolute atomic E-state index is 13.1. The summed E-state index contributed by atoms with van der Waals surface area (Å²) in [6.07, 6.45) is 1.36. The van der Waals surface area contributed by atoms with Crippen LogP contribution in [0.4, 0.5) is 8.78 Å². The van der Waals surface area contributed by atoms with Crippen molar-refractivity contribution < 1.29 is 13.9 Å². The maximum atomic E-state index is 13.1. The first-order chi connectivity index (χ1) is 5.87. The van der Waals surface area contributed by atoms with Gasteiger partial charge in [0.1, 0.15) is 0 Å². The second-order valence-corrected chi connectivity index (χ2v) is 4.52. The maximum Gasteiger partial charge on any atom is 0.251 e. The van der Waals surface area contributed by atoms with Gasteiger partial charge in [0.2, 0.25) is 0 Å². The van der Waals surface area contributed by atoms with Crippen molar-refractivity contribution in [2.75, 3.05) is 0 Å². The summed E-state index contributed by atoms with van der Waals surface area (Å²) in [5.74, 6) is -2.73. The van der Waals surface area contributed by atoms with Crippen molar-refractivity contribution in [1.29, 1.82) is 0 Å². The lowest BCUT2D eigenvalue weighted by Gasteiger charge is -2.39. The number of rotatable bonds is 2. The van der Waals surface area contributed by atoms with Crippen LogP contribution < -0.4 is 0 Å². The van der Waals surface area contributed by atoms with Crippen LogP contribution in [0.2, 0.25) is 0 Å². The van der Waals surface area contributed by atoms with E-state index in [-0.39, 0.29) is 18.8 Å². The Kier molecular flexibility index (Phi) is 2.95. The minimum Gasteiger partial charge on any atom is -0.390 e. The van der Waals surface area contributed by atoms with Gasteiger partial charge in [0.15, 0.2) is 0 Å². The van der Waals surface area contributed by atoms with Gasteiger partial charge in [0.05, 0.1) is 5.60 Å². The van der Waals surface area contributed by atoms with E-state index in [0.29, 0.717) is 12.8 Å². The summed E-state index contributed by atoms with van der Waals surface area (Å²) in [5.41, 5.74) is -1.12. The van der Waals surface area contributed by atoms with Crippen molar-refractivity contribution in [1.82, 2.24) is 0 Å². The highest BCUT2D eigenvalue weighted by atomic mass is 19.3. The quantitative estimate of drug-likeness (QED) is 0.713. The zero-order valence-corrected chi connectivity index (χ0v) is 8.32. The van der Waals surface area contributed by atoms with Crippen molar-refractivity contribution in [2.45, 2.75) is 57.5 Å². The average Bonchev–Trinajstić information content (AvgIpc) is 1.78. The molecule has 2 atom stereocenters. The largest absolute Gasteiger partial charge is 0.390 e. The van der Waals surface area contributed by atoms with E-state index in [1.165, 1.54) is 0 Å². The molecule has 0 amide bonds. The van der Waals surface area contributed by atoms with Crippen LogP contribution >= 0.6 is 0 Å². The van der Waals surface area contributed by atoms with Crippen molar-refractivity contribution in [3.8, 4) is 0 Å². The molecule has 0 heterocycles. The number of aliphatic hydroxyl groups is 1. The molecule has 1 fully saturated rings. The van der Waals surface area contributed by atoms with Gasteiger partial charge in [-0.25, -0.2) is 8.78 Å². The molecule has 0 bridgehead atoms. The van der Waals surface area contributed by atoms with Gasteiger partial charge in [-0.1, -0.05) is 20.3 Å². The van der Waals surface area contributed by atoms with Crippen LogP contribution in [0.3, 0.4) is 0 Å². The summed E-state index contributed by atoms with van der Waals surface area (Å²) in [7, 11) is 0. The molecule has 1 nitrogen and oxygen atoms in total. The lowest BCUT2D eigenvalue weighted by Crippen LogP contribution is -2.43. The molecule has 1 N–H and O–H groups in total. The zero-order chi connectivity index (χ0) is 10.1. The first-order valence-electron chi connectivity index (χ1n) is 4.97. The summed E-state index contributed by atoms with van der Waals surface area (Å²) < 4.78 is 26.2. The van der Waals surface area contributed by atoms with E-state index in [1.54, 1.807) is 6.92 Å². The topological polar surface area (TPSA) is 20.2 Å². The van der Waals surface area contributed by atoms with Crippen LogP contribution in [0.5, 0.6) is 0 Å². The van der Waals surface area contributed by atoms with Gasteiger partial charge in [-0.2, -0.15) is 0 Å². The molecule has 1 rings (SSSR count). The van der Waals surface area contributed by atoms with Crippen LogP contribution in [-0.2, 0) is 0 Å². The fraction of sp³-hybridized carbons (Fsp3) is 1.00. The van der Waals surface area contributed by atoms with E-state index in [1.807, 2.05) is 6.92 Å². The van der Waals surface area contributed by atoms with Gasteiger partial charge in [-0.05, 0) is 18.8 Å². The Hall–Kier alpha value is -0.180. The average molecular weight is 192 g/mol. The van der Waals surface area contributed by atoms with E-state index in [4.69, 9.17) is 0 Å². The molecule has 0 radical (unpaired) electrons. The van der Waals surface area contributed by atoms with Crippen LogP contribution in [0.1, 0.15) is 46.0 Å². The van der Waals surface area contributed by atoms with Crippen LogP contribution in [0.15, 0.2) is 0 Å². The van der Waals surface area contributed by atoms with Gasteiger partial charge in [0.25, 0.3) is 5.92 Å². The Morgan fingerprint density at radius 3 is 2.46 bits per heavy atom. The molecule has 0 aromatic heterocycles.